The van der Waals surface area contributed by atoms with E-state index in [-0.39, 0.29) is 0 Å². The molecule has 118 valence electrons. The predicted octanol–water partition coefficient (Wildman–Crippen LogP) is 2.64. The SMILES string of the molecule is CCCNC1CCC(C)CC1CN1CCC(C)(O)CC1. The maximum atomic E-state index is 10.1. The van der Waals surface area contributed by atoms with Gasteiger partial charge in [-0.2, -0.15) is 0 Å². The van der Waals surface area contributed by atoms with Gasteiger partial charge in [-0.1, -0.05) is 13.8 Å². The number of rotatable bonds is 5. The predicted molar refractivity (Wildman–Crippen MR) is 84.9 cm³/mol. The van der Waals surface area contributed by atoms with Gasteiger partial charge in [-0.15, -0.1) is 0 Å². The lowest BCUT2D eigenvalue weighted by Crippen LogP contribution is -2.49. The zero-order valence-corrected chi connectivity index (χ0v) is 13.7. The molecule has 3 unspecified atom stereocenters. The van der Waals surface area contributed by atoms with E-state index < -0.39 is 5.60 Å². The standard InChI is InChI=1S/C17H34N2O/c1-4-9-18-16-6-5-14(2)12-15(16)13-19-10-7-17(3,20)8-11-19/h14-16,18,20H,4-13H2,1-3H3. The minimum Gasteiger partial charge on any atom is -0.390 e. The molecule has 2 N–H and O–H groups in total. The summed E-state index contributed by atoms with van der Waals surface area (Å²) in [6, 6.07) is 0.716. The van der Waals surface area contributed by atoms with Crippen molar-refractivity contribution >= 4 is 0 Å². The van der Waals surface area contributed by atoms with Crippen molar-refractivity contribution in [3.8, 4) is 0 Å². The Labute approximate surface area is 125 Å². The maximum Gasteiger partial charge on any atom is 0.0644 e. The number of nitrogens with zero attached hydrogens (tertiary/aromatic N) is 1. The highest BCUT2D eigenvalue weighted by atomic mass is 16.3. The Morgan fingerprint density at radius 3 is 2.60 bits per heavy atom. The maximum absolute atomic E-state index is 10.1. The Morgan fingerprint density at radius 2 is 1.95 bits per heavy atom. The first-order chi connectivity index (χ1) is 9.50. The van der Waals surface area contributed by atoms with Crippen molar-refractivity contribution in [3.05, 3.63) is 0 Å². The molecule has 2 aliphatic rings. The number of aliphatic hydroxyl groups is 1. The second-order valence-electron chi connectivity index (χ2n) is 7.54. The molecule has 0 radical (unpaired) electrons. The zero-order chi connectivity index (χ0) is 14.6. The van der Waals surface area contributed by atoms with Gasteiger partial charge in [0.05, 0.1) is 5.60 Å². The zero-order valence-electron chi connectivity index (χ0n) is 13.7. The van der Waals surface area contributed by atoms with E-state index >= 15 is 0 Å². The Hall–Kier alpha value is -0.120. The molecule has 1 aliphatic heterocycles. The van der Waals surface area contributed by atoms with E-state index in [0.717, 1.165) is 44.3 Å². The van der Waals surface area contributed by atoms with Crippen LogP contribution in [0.3, 0.4) is 0 Å². The van der Waals surface area contributed by atoms with E-state index in [1.54, 1.807) is 0 Å². The summed E-state index contributed by atoms with van der Waals surface area (Å²) in [5, 5.41) is 13.8. The smallest absolute Gasteiger partial charge is 0.0644 e. The van der Waals surface area contributed by atoms with Gasteiger partial charge in [0.2, 0.25) is 0 Å². The summed E-state index contributed by atoms with van der Waals surface area (Å²) < 4.78 is 0. The Morgan fingerprint density at radius 1 is 1.25 bits per heavy atom. The number of nitrogens with one attached hydrogen (secondary N) is 1. The molecule has 1 heterocycles. The van der Waals surface area contributed by atoms with Gasteiger partial charge in [0.15, 0.2) is 0 Å². The molecule has 1 saturated heterocycles. The molecule has 1 saturated carbocycles. The highest BCUT2D eigenvalue weighted by Gasteiger charge is 2.32. The van der Waals surface area contributed by atoms with Crippen molar-refractivity contribution in [2.45, 2.75) is 70.9 Å². The van der Waals surface area contributed by atoms with Gasteiger partial charge in [-0.25, -0.2) is 0 Å². The van der Waals surface area contributed by atoms with Crippen LogP contribution in [0.1, 0.15) is 59.3 Å². The van der Waals surface area contributed by atoms with Crippen molar-refractivity contribution in [1.29, 1.82) is 0 Å². The third kappa shape index (κ3) is 4.71. The van der Waals surface area contributed by atoms with Gasteiger partial charge in [-0.05, 0) is 63.8 Å². The van der Waals surface area contributed by atoms with Crippen LogP contribution in [0.25, 0.3) is 0 Å². The van der Waals surface area contributed by atoms with Crippen LogP contribution < -0.4 is 5.32 Å². The van der Waals surface area contributed by atoms with Crippen LogP contribution in [-0.2, 0) is 0 Å². The summed E-state index contributed by atoms with van der Waals surface area (Å²) in [5.74, 6) is 1.68. The fraction of sp³-hybridized carbons (Fsp3) is 1.00. The number of hydrogen-bond donors (Lipinski definition) is 2. The number of likely N-dealkylation sites (tertiary alicyclic amines) is 1. The van der Waals surface area contributed by atoms with E-state index in [2.05, 4.69) is 24.1 Å². The molecular weight excluding hydrogens is 248 g/mol. The fourth-order valence-electron chi connectivity index (χ4n) is 3.85. The summed E-state index contributed by atoms with van der Waals surface area (Å²) in [4.78, 5) is 2.58. The van der Waals surface area contributed by atoms with Crippen LogP contribution in [0.2, 0.25) is 0 Å². The lowest BCUT2D eigenvalue weighted by Gasteiger charge is -2.42. The molecule has 2 fully saturated rings. The average molecular weight is 282 g/mol. The largest absolute Gasteiger partial charge is 0.390 e. The summed E-state index contributed by atoms with van der Waals surface area (Å²) in [6.07, 6.45) is 7.19. The van der Waals surface area contributed by atoms with Crippen molar-refractivity contribution in [2.24, 2.45) is 11.8 Å². The van der Waals surface area contributed by atoms with Gasteiger partial charge < -0.3 is 15.3 Å². The molecule has 3 heteroatoms. The molecule has 0 amide bonds. The van der Waals surface area contributed by atoms with Gasteiger partial charge >= 0.3 is 0 Å². The summed E-state index contributed by atoms with van der Waals surface area (Å²) in [6.45, 7) is 11.2. The Kier molecular flexibility index (Phi) is 5.88. The van der Waals surface area contributed by atoms with Crippen LogP contribution in [-0.4, -0.2) is 47.8 Å². The van der Waals surface area contributed by atoms with Crippen molar-refractivity contribution in [3.63, 3.8) is 0 Å². The van der Waals surface area contributed by atoms with Gasteiger partial charge in [-0.3, -0.25) is 0 Å². The third-order valence-corrected chi connectivity index (χ3v) is 5.33. The molecule has 0 aromatic rings. The van der Waals surface area contributed by atoms with Gasteiger partial charge in [0.1, 0.15) is 0 Å². The molecule has 0 aromatic carbocycles. The highest BCUT2D eigenvalue weighted by Crippen LogP contribution is 2.31. The second kappa shape index (κ2) is 7.24. The van der Waals surface area contributed by atoms with Gasteiger partial charge in [0.25, 0.3) is 0 Å². The topological polar surface area (TPSA) is 35.5 Å². The number of hydrogen-bond acceptors (Lipinski definition) is 3. The van der Waals surface area contributed by atoms with Crippen LogP contribution >= 0.6 is 0 Å². The monoisotopic (exact) mass is 282 g/mol. The number of piperidine rings is 1. The Bertz CT molecular complexity index is 281. The molecule has 0 spiro atoms. The Balaban J connectivity index is 1.84. The van der Waals surface area contributed by atoms with E-state index in [4.69, 9.17) is 0 Å². The minimum absolute atomic E-state index is 0.420. The average Bonchev–Trinajstić information content (AvgIpc) is 2.40. The summed E-state index contributed by atoms with van der Waals surface area (Å²) in [5.41, 5.74) is -0.420. The molecule has 0 aromatic heterocycles. The third-order valence-electron chi connectivity index (χ3n) is 5.33. The first kappa shape index (κ1) is 16.3. The van der Waals surface area contributed by atoms with Crippen molar-refractivity contribution in [1.82, 2.24) is 10.2 Å². The highest BCUT2D eigenvalue weighted by molar-refractivity contribution is 4.88. The first-order valence-electron chi connectivity index (χ1n) is 8.68. The normalized spacial score (nSPS) is 35.1. The molecule has 0 bridgehead atoms. The lowest BCUT2D eigenvalue weighted by molar-refractivity contribution is -0.0124. The van der Waals surface area contributed by atoms with Crippen LogP contribution in [0.4, 0.5) is 0 Å². The van der Waals surface area contributed by atoms with E-state index in [1.165, 1.54) is 32.2 Å². The lowest BCUT2D eigenvalue weighted by atomic mass is 9.78. The van der Waals surface area contributed by atoms with E-state index in [9.17, 15) is 5.11 Å². The summed E-state index contributed by atoms with van der Waals surface area (Å²) in [7, 11) is 0. The van der Waals surface area contributed by atoms with E-state index in [1.807, 2.05) is 6.92 Å². The van der Waals surface area contributed by atoms with Gasteiger partial charge in [0, 0.05) is 25.7 Å². The van der Waals surface area contributed by atoms with Crippen molar-refractivity contribution < 1.29 is 5.11 Å². The minimum atomic E-state index is -0.420. The quantitative estimate of drug-likeness (QED) is 0.814. The summed E-state index contributed by atoms with van der Waals surface area (Å²) >= 11 is 0. The van der Waals surface area contributed by atoms with Crippen LogP contribution in [0.5, 0.6) is 0 Å². The van der Waals surface area contributed by atoms with Crippen molar-refractivity contribution in [2.75, 3.05) is 26.2 Å². The first-order valence-corrected chi connectivity index (χ1v) is 8.68. The fourth-order valence-corrected chi connectivity index (χ4v) is 3.85. The van der Waals surface area contributed by atoms with Crippen LogP contribution in [0.15, 0.2) is 0 Å². The molecule has 1 aliphatic carbocycles. The molecule has 20 heavy (non-hydrogen) atoms. The molecule has 2 rings (SSSR count). The molecule has 3 atom stereocenters. The van der Waals surface area contributed by atoms with Crippen LogP contribution in [0, 0.1) is 11.8 Å². The molecule has 3 nitrogen and oxygen atoms in total. The van der Waals surface area contributed by atoms with E-state index in [0.29, 0.717) is 6.04 Å². The second-order valence-corrected chi connectivity index (χ2v) is 7.54. The molecular formula is C17H34N2O.